The van der Waals surface area contributed by atoms with E-state index in [9.17, 15) is 4.79 Å². The Labute approximate surface area is 207 Å². The first-order valence-electron chi connectivity index (χ1n) is 12.2. The number of carbonyl (C=O) groups excluding carboxylic acids is 1. The van der Waals surface area contributed by atoms with Gasteiger partial charge in [0.2, 0.25) is 5.89 Å². The van der Waals surface area contributed by atoms with Crippen LogP contribution in [0, 0.1) is 12.8 Å². The molecule has 0 aliphatic carbocycles. The normalized spacial score (nSPS) is 15.5. The second-order valence-corrected chi connectivity index (χ2v) is 9.33. The predicted octanol–water partition coefficient (Wildman–Crippen LogP) is 5.86. The van der Waals surface area contributed by atoms with Gasteiger partial charge in [0.1, 0.15) is 17.3 Å². The molecule has 1 aliphatic rings. The van der Waals surface area contributed by atoms with Crippen molar-refractivity contribution in [2.75, 3.05) is 33.4 Å². The molecule has 7 heteroatoms. The third kappa shape index (κ3) is 6.35. The van der Waals surface area contributed by atoms with Gasteiger partial charge in [-0.1, -0.05) is 32.0 Å². The molecule has 0 saturated carbocycles. The van der Waals surface area contributed by atoms with Crippen LogP contribution < -0.4 is 9.47 Å². The van der Waals surface area contributed by atoms with Gasteiger partial charge < -0.3 is 23.5 Å². The molecule has 186 valence electrons. The first-order valence-corrected chi connectivity index (χ1v) is 12.2. The van der Waals surface area contributed by atoms with Gasteiger partial charge in [0.15, 0.2) is 0 Å². The lowest BCUT2D eigenvalue weighted by Crippen LogP contribution is -2.30. The molecule has 0 N–H and O–H groups in total. The summed E-state index contributed by atoms with van der Waals surface area (Å²) in [6.45, 7) is 8.33. The third-order valence-corrected chi connectivity index (χ3v) is 6.13. The number of methoxy groups -OCH3 is 1. The number of carbonyl (C=O) groups is 1. The van der Waals surface area contributed by atoms with Crippen molar-refractivity contribution in [3.05, 3.63) is 65.5 Å². The van der Waals surface area contributed by atoms with Crippen LogP contribution in [0.15, 0.2) is 52.9 Å². The maximum absolute atomic E-state index is 12.3. The molecule has 0 unspecified atom stereocenters. The Morgan fingerprint density at radius 3 is 2.77 bits per heavy atom. The monoisotopic (exact) mass is 478 g/mol. The van der Waals surface area contributed by atoms with E-state index in [2.05, 4.69) is 17.1 Å². The molecule has 1 aliphatic heterocycles. The number of aryl methyl sites for hydroxylation is 1. The summed E-state index contributed by atoms with van der Waals surface area (Å²) in [5.74, 6) is 3.57. The topological polar surface area (TPSA) is 74.0 Å². The average Bonchev–Trinajstić information content (AvgIpc) is 3.50. The van der Waals surface area contributed by atoms with E-state index in [4.69, 9.17) is 18.6 Å². The molecule has 3 aromatic rings. The molecular formula is C28H34N2O5. The lowest BCUT2D eigenvalue weighted by atomic mass is 9.98. The highest BCUT2D eigenvalue weighted by Crippen LogP contribution is 2.30. The molecule has 0 bridgehead atoms. The average molecular weight is 479 g/mol. The van der Waals surface area contributed by atoms with Crippen LogP contribution in [0.5, 0.6) is 11.5 Å². The van der Waals surface area contributed by atoms with Crippen molar-refractivity contribution in [2.45, 2.75) is 39.5 Å². The number of amides is 1. The highest BCUT2D eigenvalue weighted by atomic mass is 16.6. The molecule has 4 rings (SSSR count). The minimum atomic E-state index is -0.218. The standard InChI is InChI=1S/C28H34N2O5/c1-19(2)18-34-28(31)30-13-11-23(17-30)21-7-5-10-25(15-21)33-14-12-26-20(3)35-27(29-26)22-8-6-9-24(16-22)32-4/h5-10,15-16,19,23H,11-14,17-18H2,1-4H3/t23-/m0/s1. The van der Waals surface area contributed by atoms with Crippen molar-refractivity contribution in [1.82, 2.24) is 9.88 Å². The van der Waals surface area contributed by atoms with Crippen LogP contribution in [0.3, 0.4) is 0 Å². The SMILES string of the molecule is COc1cccc(-c2nc(CCOc3cccc([C@H]4CCN(C(=O)OCC(C)C)C4)c3)c(C)o2)c1. The molecular weight excluding hydrogens is 444 g/mol. The van der Waals surface area contributed by atoms with E-state index in [0.29, 0.717) is 44.5 Å². The maximum atomic E-state index is 12.3. The quantitative estimate of drug-likeness (QED) is 0.383. The van der Waals surface area contributed by atoms with E-state index in [1.807, 2.05) is 57.2 Å². The number of nitrogens with zero attached hydrogens (tertiary/aromatic N) is 2. The van der Waals surface area contributed by atoms with Gasteiger partial charge in [-0.2, -0.15) is 0 Å². The van der Waals surface area contributed by atoms with Gasteiger partial charge in [-0.25, -0.2) is 9.78 Å². The fraction of sp³-hybridized carbons (Fsp3) is 0.429. The molecule has 1 atom stereocenters. The van der Waals surface area contributed by atoms with Crippen LogP contribution in [0.4, 0.5) is 4.79 Å². The number of ether oxygens (including phenoxy) is 3. The molecule has 1 fully saturated rings. The minimum Gasteiger partial charge on any atom is -0.497 e. The Bertz CT molecular complexity index is 1140. The lowest BCUT2D eigenvalue weighted by molar-refractivity contribution is 0.0991. The maximum Gasteiger partial charge on any atom is 0.409 e. The van der Waals surface area contributed by atoms with Gasteiger partial charge >= 0.3 is 6.09 Å². The highest BCUT2D eigenvalue weighted by molar-refractivity contribution is 5.68. The molecule has 0 spiro atoms. The first-order chi connectivity index (χ1) is 16.9. The van der Waals surface area contributed by atoms with Gasteiger partial charge in [-0.05, 0) is 55.2 Å². The summed E-state index contributed by atoms with van der Waals surface area (Å²) in [5.41, 5.74) is 2.94. The van der Waals surface area contributed by atoms with Crippen molar-refractivity contribution in [1.29, 1.82) is 0 Å². The van der Waals surface area contributed by atoms with E-state index >= 15 is 0 Å². The summed E-state index contributed by atoms with van der Waals surface area (Å²) in [6.07, 6.45) is 1.35. The summed E-state index contributed by atoms with van der Waals surface area (Å²) >= 11 is 0. The van der Waals surface area contributed by atoms with Crippen LogP contribution in [-0.4, -0.2) is 49.4 Å². The van der Waals surface area contributed by atoms with E-state index in [1.54, 1.807) is 12.0 Å². The zero-order valence-electron chi connectivity index (χ0n) is 21.0. The second-order valence-electron chi connectivity index (χ2n) is 9.33. The summed E-state index contributed by atoms with van der Waals surface area (Å²) < 4.78 is 22.6. The van der Waals surface area contributed by atoms with Crippen molar-refractivity contribution >= 4 is 6.09 Å². The summed E-state index contributed by atoms with van der Waals surface area (Å²) in [5, 5.41) is 0. The Hall–Kier alpha value is -3.48. The Morgan fingerprint density at radius 2 is 1.97 bits per heavy atom. The molecule has 1 amide bonds. The van der Waals surface area contributed by atoms with Gasteiger partial charge in [0.05, 0.1) is 26.0 Å². The van der Waals surface area contributed by atoms with Crippen LogP contribution in [0.2, 0.25) is 0 Å². The number of rotatable bonds is 9. The number of benzene rings is 2. The van der Waals surface area contributed by atoms with Gasteiger partial charge in [-0.3, -0.25) is 0 Å². The van der Waals surface area contributed by atoms with E-state index in [1.165, 1.54) is 5.56 Å². The molecule has 1 aromatic heterocycles. The second kappa shape index (κ2) is 11.3. The van der Waals surface area contributed by atoms with Crippen LogP contribution in [0.25, 0.3) is 11.5 Å². The summed E-state index contributed by atoms with van der Waals surface area (Å²) in [6, 6.07) is 15.8. The largest absolute Gasteiger partial charge is 0.497 e. The van der Waals surface area contributed by atoms with Gasteiger partial charge in [-0.15, -0.1) is 0 Å². The van der Waals surface area contributed by atoms with Crippen molar-refractivity contribution in [3.63, 3.8) is 0 Å². The fourth-order valence-corrected chi connectivity index (χ4v) is 4.19. The van der Waals surface area contributed by atoms with Crippen LogP contribution in [0.1, 0.15) is 43.2 Å². The summed E-state index contributed by atoms with van der Waals surface area (Å²) in [4.78, 5) is 18.7. The molecule has 1 saturated heterocycles. The highest BCUT2D eigenvalue weighted by Gasteiger charge is 2.28. The third-order valence-electron chi connectivity index (χ3n) is 6.13. The number of hydrogen-bond acceptors (Lipinski definition) is 6. The zero-order chi connectivity index (χ0) is 24.8. The van der Waals surface area contributed by atoms with Crippen molar-refractivity contribution < 1.29 is 23.4 Å². The number of likely N-dealkylation sites (tertiary alicyclic amines) is 1. The van der Waals surface area contributed by atoms with E-state index in [0.717, 1.165) is 34.9 Å². The number of oxazole rings is 1. The Balaban J connectivity index is 1.31. The van der Waals surface area contributed by atoms with Gasteiger partial charge in [0.25, 0.3) is 0 Å². The fourth-order valence-electron chi connectivity index (χ4n) is 4.19. The molecule has 0 radical (unpaired) electrons. The van der Waals surface area contributed by atoms with Crippen molar-refractivity contribution in [3.8, 4) is 23.0 Å². The van der Waals surface area contributed by atoms with E-state index < -0.39 is 0 Å². The van der Waals surface area contributed by atoms with Crippen LogP contribution in [-0.2, 0) is 11.2 Å². The lowest BCUT2D eigenvalue weighted by Gasteiger charge is -2.17. The molecule has 2 aromatic carbocycles. The Morgan fingerprint density at radius 1 is 1.17 bits per heavy atom. The predicted molar refractivity (Wildman–Crippen MR) is 134 cm³/mol. The van der Waals surface area contributed by atoms with Gasteiger partial charge in [0, 0.05) is 31.0 Å². The molecule has 35 heavy (non-hydrogen) atoms. The summed E-state index contributed by atoms with van der Waals surface area (Å²) in [7, 11) is 1.64. The van der Waals surface area contributed by atoms with E-state index in [-0.39, 0.29) is 12.0 Å². The Kier molecular flexibility index (Phi) is 7.95. The molecule has 7 nitrogen and oxygen atoms in total. The smallest absolute Gasteiger partial charge is 0.409 e. The van der Waals surface area contributed by atoms with Crippen molar-refractivity contribution in [2.24, 2.45) is 5.92 Å². The number of aromatic nitrogens is 1. The molecule has 2 heterocycles. The first kappa shape index (κ1) is 24.6. The zero-order valence-corrected chi connectivity index (χ0v) is 21.0. The number of hydrogen-bond donors (Lipinski definition) is 0. The minimum absolute atomic E-state index is 0.218. The van der Waals surface area contributed by atoms with Crippen LogP contribution >= 0.6 is 0 Å².